The maximum Gasteiger partial charge on any atom is 0.319 e. The summed E-state index contributed by atoms with van der Waals surface area (Å²) < 4.78 is 47.3. The molecule has 60 heavy (non-hydrogen) atoms. The van der Waals surface area contributed by atoms with Gasteiger partial charge in [0.2, 0.25) is 0 Å². The van der Waals surface area contributed by atoms with E-state index in [0.717, 1.165) is 51.5 Å². The molecular formula is C45H53ClF2N8O4. The van der Waals surface area contributed by atoms with Gasteiger partial charge in [-0.05, 0) is 106 Å². The first-order chi connectivity index (χ1) is 28.9. The number of benzene rings is 2. The summed E-state index contributed by atoms with van der Waals surface area (Å²) in [6, 6.07) is 6.75. The molecule has 9 rings (SSSR count). The standard InChI is InChI=1S/C45H53ClF2N8O4/c1-6-30-33(47)12-11-27-20-29(57)21-31(36(27)30)39-38(48)40-32(22-49-39)42(54-15-9-17-56-34(23-54)37(46)41(52-56)43(58)53(4)5)51-44(50-40)59-24-45-13-7-10-35(45)55(16-8-14-45)28-18-25(2)60-26(3)19-28/h11-12,20-22,25-26,28,35,57H,6-10,13-19,23-24H2,1-5H3. The minimum absolute atomic E-state index is 0.00538. The second-order valence-corrected chi connectivity index (χ2v) is 18.0. The molecule has 1 aliphatic carbocycles. The van der Waals surface area contributed by atoms with Crippen LogP contribution in [-0.4, -0.2) is 104 Å². The number of piperidine rings is 1. The molecule has 4 aliphatic rings. The zero-order valence-electron chi connectivity index (χ0n) is 35.0. The summed E-state index contributed by atoms with van der Waals surface area (Å²) in [5.74, 6) is -1.14. The molecule has 15 heteroatoms. The summed E-state index contributed by atoms with van der Waals surface area (Å²) in [4.78, 5) is 33.7. The van der Waals surface area contributed by atoms with Gasteiger partial charge in [0.1, 0.15) is 28.6 Å². The van der Waals surface area contributed by atoms with Crippen molar-refractivity contribution in [2.45, 2.75) is 116 Å². The minimum Gasteiger partial charge on any atom is -0.508 e. The first-order valence-electron chi connectivity index (χ1n) is 21.4. The van der Waals surface area contributed by atoms with E-state index in [9.17, 15) is 9.90 Å². The van der Waals surface area contributed by atoms with Gasteiger partial charge in [-0.3, -0.25) is 19.4 Å². The van der Waals surface area contributed by atoms with Crippen molar-refractivity contribution in [3.63, 3.8) is 0 Å². The van der Waals surface area contributed by atoms with Crippen molar-refractivity contribution in [3.05, 3.63) is 64.1 Å². The number of fused-ring (bicyclic) bond motifs is 4. The number of hydrogen-bond acceptors (Lipinski definition) is 10. The number of carbonyl (C=O) groups excluding carboxylic acids is 1. The fraction of sp³-hybridized carbons (Fsp3) is 0.533. The van der Waals surface area contributed by atoms with Gasteiger partial charge in [-0.25, -0.2) is 8.78 Å². The maximum absolute atomic E-state index is 17.5. The Hall–Kier alpha value is -4.66. The largest absolute Gasteiger partial charge is 0.508 e. The van der Waals surface area contributed by atoms with Crippen LogP contribution in [0.2, 0.25) is 5.02 Å². The highest BCUT2D eigenvalue weighted by molar-refractivity contribution is 6.34. The molecule has 2 saturated heterocycles. The summed E-state index contributed by atoms with van der Waals surface area (Å²) >= 11 is 6.89. The van der Waals surface area contributed by atoms with Crippen molar-refractivity contribution >= 4 is 45.0 Å². The smallest absolute Gasteiger partial charge is 0.319 e. The van der Waals surface area contributed by atoms with Crippen molar-refractivity contribution in [2.24, 2.45) is 5.41 Å². The second kappa shape index (κ2) is 16.0. The Morgan fingerprint density at radius 2 is 1.85 bits per heavy atom. The highest BCUT2D eigenvalue weighted by atomic mass is 35.5. The molecule has 4 atom stereocenters. The van der Waals surface area contributed by atoms with E-state index in [1.165, 1.54) is 17.0 Å². The zero-order valence-corrected chi connectivity index (χ0v) is 35.7. The van der Waals surface area contributed by atoms with Crippen LogP contribution in [0.3, 0.4) is 0 Å². The van der Waals surface area contributed by atoms with Crippen LogP contribution in [0.25, 0.3) is 32.9 Å². The van der Waals surface area contributed by atoms with E-state index in [4.69, 9.17) is 31.0 Å². The van der Waals surface area contributed by atoms with Gasteiger partial charge in [0.25, 0.3) is 5.91 Å². The third-order valence-corrected chi connectivity index (χ3v) is 13.8. The Kier molecular flexibility index (Phi) is 10.9. The van der Waals surface area contributed by atoms with Gasteiger partial charge < -0.3 is 24.4 Å². The minimum atomic E-state index is -0.737. The molecule has 4 unspecified atom stereocenters. The molecule has 0 radical (unpaired) electrons. The number of likely N-dealkylation sites (tertiary alicyclic amines) is 1. The molecule has 5 aromatic rings. The van der Waals surface area contributed by atoms with Gasteiger partial charge in [0.05, 0.1) is 41.5 Å². The van der Waals surface area contributed by atoms with Crippen LogP contribution in [0.15, 0.2) is 30.5 Å². The lowest BCUT2D eigenvalue weighted by atomic mass is 9.74. The predicted molar refractivity (Wildman–Crippen MR) is 227 cm³/mol. The predicted octanol–water partition coefficient (Wildman–Crippen LogP) is 8.32. The molecule has 1 N–H and O–H groups in total. The number of phenolic OH excluding ortho intramolecular Hbond substituents is 1. The molecule has 3 fully saturated rings. The zero-order chi connectivity index (χ0) is 42.0. The average molecular weight is 843 g/mol. The molecule has 2 aromatic carbocycles. The molecule has 0 spiro atoms. The summed E-state index contributed by atoms with van der Waals surface area (Å²) in [7, 11) is 3.31. The number of aromatic hydroxyl groups is 1. The third-order valence-electron chi connectivity index (χ3n) is 13.4. The number of halogens is 3. The third kappa shape index (κ3) is 7.11. The number of ether oxygens (including phenoxy) is 2. The first kappa shape index (κ1) is 40.7. The highest BCUT2D eigenvalue weighted by Crippen LogP contribution is 2.50. The molecule has 12 nitrogen and oxygen atoms in total. The van der Waals surface area contributed by atoms with Crippen molar-refractivity contribution in [3.8, 4) is 23.0 Å². The van der Waals surface area contributed by atoms with E-state index < -0.39 is 11.6 Å². The summed E-state index contributed by atoms with van der Waals surface area (Å²) in [6.45, 7) is 8.89. The lowest BCUT2D eigenvalue weighted by molar-refractivity contribution is -0.0967. The summed E-state index contributed by atoms with van der Waals surface area (Å²) in [5, 5.41) is 17.1. The van der Waals surface area contributed by atoms with Crippen LogP contribution < -0.4 is 9.64 Å². The fourth-order valence-corrected chi connectivity index (χ4v) is 11.1. The van der Waals surface area contributed by atoms with Crippen LogP contribution in [0.1, 0.15) is 93.9 Å². The SMILES string of the molecule is CCc1c(F)ccc2cc(O)cc(-c3ncc4c(N5CCCn6nc(C(=O)N(C)C)c(Cl)c6C5)nc(OCC56CCCC5N(C5CC(C)OC(C)C5)CCC6)nc4c3F)c12. The Balaban J connectivity index is 1.14. The lowest BCUT2D eigenvalue weighted by Crippen LogP contribution is -2.57. The number of aromatic nitrogens is 5. The Morgan fingerprint density at radius 3 is 2.62 bits per heavy atom. The number of hydrogen-bond donors (Lipinski definition) is 1. The van der Waals surface area contributed by atoms with E-state index in [-0.39, 0.29) is 69.3 Å². The van der Waals surface area contributed by atoms with Crippen LogP contribution in [0, 0.1) is 17.0 Å². The van der Waals surface area contributed by atoms with E-state index in [1.54, 1.807) is 37.1 Å². The molecule has 318 valence electrons. The molecule has 0 bridgehead atoms. The van der Waals surface area contributed by atoms with Gasteiger partial charge in [0, 0.05) is 56.4 Å². The number of anilines is 1. The average Bonchev–Trinajstić information content (AvgIpc) is 3.71. The van der Waals surface area contributed by atoms with E-state index in [2.05, 4.69) is 28.8 Å². The number of carbonyl (C=O) groups is 1. The van der Waals surface area contributed by atoms with Gasteiger partial charge in [-0.2, -0.15) is 15.1 Å². The summed E-state index contributed by atoms with van der Waals surface area (Å²) in [5.41, 5.74) is 1.30. The van der Waals surface area contributed by atoms with E-state index in [0.29, 0.717) is 77.9 Å². The second-order valence-electron chi connectivity index (χ2n) is 17.6. The van der Waals surface area contributed by atoms with Crippen LogP contribution >= 0.6 is 11.6 Å². The topological polar surface area (TPSA) is 122 Å². The fourth-order valence-electron chi connectivity index (χ4n) is 10.8. The number of pyridine rings is 1. The van der Waals surface area contributed by atoms with Crippen LogP contribution in [-0.2, 0) is 24.2 Å². The van der Waals surface area contributed by atoms with Gasteiger partial charge in [-0.15, -0.1) is 0 Å². The van der Waals surface area contributed by atoms with Gasteiger partial charge in [0.15, 0.2) is 11.5 Å². The monoisotopic (exact) mass is 842 g/mol. The Morgan fingerprint density at radius 1 is 1.07 bits per heavy atom. The van der Waals surface area contributed by atoms with Crippen molar-refractivity contribution in [2.75, 3.05) is 38.7 Å². The molecule has 6 heterocycles. The first-order valence-corrected chi connectivity index (χ1v) is 21.8. The van der Waals surface area contributed by atoms with Crippen LogP contribution in [0.5, 0.6) is 11.8 Å². The Labute approximate surface area is 353 Å². The molecular weight excluding hydrogens is 790 g/mol. The quantitative estimate of drug-likeness (QED) is 0.163. The summed E-state index contributed by atoms with van der Waals surface area (Å²) in [6.07, 6.45) is 10.3. The van der Waals surface area contributed by atoms with E-state index >= 15 is 8.78 Å². The van der Waals surface area contributed by atoms with Crippen molar-refractivity contribution in [1.29, 1.82) is 0 Å². The number of phenols is 1. The maximum atomic E-state index is 17.5. The van der Waals surface area contributed by atoms with Crippen molar-refractivity contribution in [1.82, 2.24) is 34.5 Å². The lowest BCUT2D eigenvalue weighted by Gasteiger charge is -2.51. The molecule has 3 aromatic heterocycles. The highest BCUT2D eigenvalue weighted by Gasteiger charge is 2.51. The normalized spacial score (nSPS) is 24.7. The Bertz CT molecular complexity index is 2470. The molecule has 1 saturated carbocycles. The van der Waals surface area contributed by atoms with Crippen molar-refractivity contribution < 1.29 is 28.2 Å². The number of aryl methyl sites for hydroxylation is 2. The number of nitrogens with zero attached hydrogens (tertiary/aromatic N) is 8. The molecule has 1 amide bonds. The van der Waals surface area contributed by atoms with Crippen LogP contribution in [0.4, 0.5) is 14.6 Å². The number of amides is 1. The van der Waals surface area contributed by atoms with E-state index in [1.807, 2.05) is 11.8 Å². The van der Waals surface area contributed by atoms with Gasteiger partial charge >= 0.3 is 6.01 Å². The number of rotatable bonds is 8. The van der Waals surface area contributed by atoms with Gasteiger partial charge in [-0.1, -0.05) is 31.0 Å². The molecule has 3 aliphatic heterocycles.